The summed E-state index contributed by atoms with van der Waals surface area (Å²) in [7, 11) is 0. The molecule has 20 heavy (non-hydrogen) atoms. The molecule has 0 saturated carbocycles. The van der Waals surface area contributed by atoms with Crippen molar-refractivity contribution in [1.29, 1.82) is 0 Å². The maximum atomic E-state index is 4.70. The smallest absolute Gasteiger partial charge is 0.194 e. The van der Waals surface area contributed by atoms with Gasteiger partial charge in [0.25, 0.3) is 0 Å². The molecule has 0 aliphatic rings. The van der Waals surface area contributed by atoms with Crippen molar-refractivity contribution in [3.05, 3.63) is 23.1 Å². The second-order valence-corrected chi connectivity index (χ2v) is 6.99. The average molecular weight is 325 g/mol. The van der Waals surface area contributed by atoms with Crippen LogP contribution in [0.3, 0.4) is 0 Å². The second kappa shape index (κ2) is 6.21. The lowest BCUT2D eigenvalue weighted by Crippen LogP contribution is -2.13. The Morgan fingerprint density at radius 1 is 1.35 bits per heavy atom. The Balaban J connectivity index is 1.90. The highest BCUT2D eigenvalue weighted by atomic mass is 32.2. The fraction of sp³-hybridized carbons (Fsp3) is 0.417. The number of aromatic nitrogens is 4. The molecule has 3 aromatic rings. The van der Waals surface area contributed by atoms with E-state index in [0.29, 0.717) is 0 Å². The van der Waals surface area contributed by atoms with Crippen LogP contribution in [0.5, 0.6) is 0 Å². The van der Waals surface area contributed by atoms with E-state index in [4.69, 9.17) is 4.98 Å². The first-order valence-corrected chi connectivity index (χ1v) is 8.94. The van der Waals surface area contributed by atoms with Gasteiger partial charge in [-0.15, -0.1) is 11.3 Å². The molecule has 8 heteroatoms. The van der Waals surface area contributed by atoms with E-state index in [1.807, 2.05) is 0 Å². The number of imidazole rings is 1. The SMILES string of the molecule is CCNCc1c(Sc2nc(CC)ns2)nc2sccn12. The summed E-state index contributed by atoms with van der Waals surface area (Å²) in [5.41, 5.74) is 1.20. The monoisotopic (exact) mass is 325 g/mol. The lowest BCUT2D eigenvalue weighted by atomic mass is 10.4. The quantitative estimate of drug-likeness (QED) is 0.755. The van der Waals surface area contributed by atoms with Gasteiger partial charge in [0, 0.05) is 24.5 Å². The lowest BCUT2D eigenvalue weighted by Gasteiger charge is -2.02. The predicted molar refractivity (Wildman–Crippen MR) is 83.9 cm³/mol. The average Bonchev–Trinajstić information content (AvgIpc) is 3.13. The van der Waals surface area contributed by atoms with Gasteiger partial charge in [-0.3, -0.25) is 4.40 Å². The molecule has 0 unspecified atom stereocenters. The zero-order valence-electron chi connectivity index (χ0n) is 11.3. The van der Waals surface area contributed by atoms with Crippen LogP contribution in [0.1, 0.15) is 25.4 Å². The number of nitrogens with one attached hydrogen (secondary N) is 1. The number of hydrogen-bond donors (Lipinski definition) is 1. The Morgan fingerprint density at radius 2 is 2.25 bits per heavy atom. The van der Waals surface area contributed by atoms with Crippen molar-refractivity contribution in [2.45, 2.75) is 36.2 Å². The fourth-order valence-corrected chi connectivity index (χ4v) is 4.33. The molecule has 0 atom stereocenters. The molecular weight excluding hydrogens is 310 g/mol. The van der Waals surface area contributed by atoms with Crippen LogP contribution >= 0.6 is 34.6 Å². The topological polar surface area (TPSA) is 55.1 Å². The van der Waals surface area contributed by atoms with Crippen LogP contribution in [0.2, 0.25) is 0 Å². The van der Waals surface area contributed by atoms with E-state index < -0.39 is 0 Å². The van der Waals surface area contributed by atoms with E-state index in [-0.39, 0.29) is 0 Å². The first-order valence-electron chi connectivity index (χ1n) is 6.47. The van der Waals surface area contributed by atoms with Crippen LogP contribution < -0.4 is 5.32 Å². The lowest BCUT2D eigenvalue weighted by molar-refractivity contribution is 0.694. The van der Waals surface area contributed by atoms with Gasteiger partial charge in [-0.2, -0.15) is 4.37 Å². The summed E-state index contributed by atoms with van der Waals surface area (Å²) in [6, 6.07) is 0. The zero-order chi connectivity index (χ0) is 13.9. The van der Waals surface area contributed by atoms with Crippen LogP contribution in [0.15, 0.2) is 20.9 Å². The number of nitrogens with zero attached hydrogens (tertiary/aromatic N) is 4. The van der Waals surface area contributed by atoms with Gasteiger partial charge in [0.2, 0.25) is 0 Å². The highest BCUT2D eigenvalue weighted by Gasteiger charge is 2.16. The summed E-state index contributed by atoms with van der Waals surface area (Å²) in [6.07, 6.45) is 2.95. The van der Waals surface area contributed by atoms with Crippen LogP contribution in [0, 0.1) is 0 Å². The zero-order valence-corrected chi connectivity index (χ0v) is 13.7. The van der Waals surface area contributed by atoms with Crippen LogP contribution in [0.25, 0.3) is 4.96 Å². The summed E-state index contributed by atoms with van der Waals surface area (Å²) in [4.78, 5) is 10.2. The third-order valence-electron chi connectivity index (χ3n) is 2.82. The third-order valence-corrected chi connectivity index (χ3v) is 5.38. The molecular formula is C12H15N5S3. The van der Waals surface area contributed by atoms with Crippen molar-refractivity contribution in [2.75, 3.05) is 6.54 Å². The van der Waals surface area contributed by atoms with Crippen molar-refractivity contribution >= 4 is 39.6 Å². The molecule has 5 nitrogen and oxygen atoms in total. The normalized spacial score (nSPS) is 11.5. The van der Waals surface area contributed by atoms with Crippen molar-refractivity contribution in [2.24, 2.45) is 0 Å². The molecule has 106 valence electrons. The molecule has 0 spiro atoms. The maximum absolute atomic E-state index is 4.70. The minimum atomic E-state index is 0.816. The molecule has 0 saturated heterocycles. The van der Waals surface area contributed by atoms with Gasteiger partial charge in [-0.25, -0.2) is 9.97 Å². The maximum Gasteiger partial charge on any atom is 0.194 e. The highest BCUT2D eigenvalue weighted by molar-refractivity contribution is 8.00. The van der Waals surface area contributed by atoms with Crippen molar-refractivity contribution < 1.29 is 0 Å². The third kappa shape index (κ3) is 2.73. The largest absolute Gasteiger partial charge is 0.311 e. The predicted octanol–water partition coefficient (Wildman–Crippen LogP) is 3.07. The summed E-state index contributed by atoms with van der Waals surface area (Å²) in [6.45, 7) is 5.94. The summed E-state index contributed by atoms with van der Waals surface area (Å²) >= 11 is 4.71. The molecule has 0 amide bonds. The first-order chi connectivity index (χ1) is 9.81. The van der Waals surface area contributed by atoms with Crippen LogP contribution in [0.4, 0.5) is 0 Å². The van der Waals surface area contributed by atoms with Crippen LogP contribution in [-0.4, -0.2) is 25.3 Å². The Kier molecular flexibility index (Phi) is 4.35. The summed E-state index contributed by atoms with van der Waals surface area (Å²) in [5, 5.41) is 6.46. The van der Waals surface area contributed by atoms with Crippen LogP contribution in [-0.2, 0) is 13.0 Å². The Hall–Kier alpha value is -0.960. The van der Waals surface area contributed by atoms with Gasteiger partial charge < -0.3 is 5.32 Å². The molecule has 0 bridgehead atoms. The Bertz CT molecular complexity index is 699. The van der Waals surface area contributed by atoms with E-state index in [0.717, 1.165) is 39.7 Å². The number of aryl methyl sites for hydroxylation is 1. The van der Waals surface area contributed by atoms with E-state index in [1.165, 1.54) is 17.2 Å². The Morgan fingerprint density at radius 3 is 3.00 bits per heavy atom. The minimum absolute atomic E-state index is 0.816. The number of rotatable bonds is 6. The summed E-state index contributed by atoms with van der Waals surface area (Å²) in [5.74, 6) is 0.909. The van der Waals surface area contributed by atoms with E-state index in [2.05, 4.69) is 44.5 Å². The molecule has 0 aromatic carbocycles. The standard InChI is InChI=1S/C12H15N5S3/c1-3-9-14-12(20-16-9)19-10-8(7-13-4-2)17-5-6-18-11(17)15-10/h5-6,13H,3-4,7H2,1-2H3. The summed E-state index contributed by atoms with van der Waals surface area (Å²) < 4.78 is 7.44. The molecule has 3 aromatic heterocycles. The van der Waals surface area contributed by atoms with Gasteiger partial charge in [0.05, 0.1) is 5.69 Å². The molecule has 0 fully saturated rings. The van der Waals surface area contributed by atoms with E-state index >= 15 is 0 Å². The molecule has 1 N–H and O–H groups in total. The van der Waals surface area contributed by atoms with Gasteiger partial charge in [-0.1, -0.05) is 13.8 Å². The molecule has 0 aliphatic carbocycles. The molecule has 0 aliphatic heterocycles. The Labute approximate surface area is 129 Å². The van der Waals surface area contributed by atoms with Crippen molar-refractivity contribution in [3.8, 4) is 0 Å². The molecule has 0 radical (unpaired) electrons. The van der Waals surface area contributed by atoms with E-state index in [1.54, 1.807) is 23.1 Å². The fourth-order valence-electron chi connectivity index (χ4n) is 1.80. The molecule has 3 heterocycles. The second-order valence-electron chi connectivity index (χ2n) is 4.13. The number of hydrogen-bond acceptors (Lipinski definition) is 7. The van der Waals surface area contributed by atoms with Crippen molar-refractivity contribution in [1.82, 2.24) is 24.1 Å². The van der Waals surface area contributed by atoms with Gasteiger partial charge >= 0.3 is 0 Å². The van der Waals surface area contributed by atoms with Gasteiger partial charge in [0.1, 0.15) is 10.9 Å². The number of fused-ring (bicyclic) bond motifs is 1. The minimum Gasteiger partial charge on any atom is -0.311 e. The molecule has 3 rings (SSSR count). The van der Waals surface area contributed by atoms with E-state index in [9.17, 15) is 0 Å². The van der Waals surface area contributed by atoms with Crippen molar-refractivity contribution in [3.63, 3.8) is 0 Å². The highest BCUT2D eigenvalue weighted by Crippen LogP contribution is 2.32. The van der Waals surface area contributed by atoms with Gasteiger partial charge in [0.15, 0.2) is 9.30 Å². The van der Waals surface area contributed by atoms with Gasteiger partial charge in [-0.05, 0) is 29.8 Å². The number of thiazole rings is 1. The first kappa shape index (κ1) is 14.0.